The summed E-state index contributed by atoms with van der Waals surface area (Å²) >= 11 is 0. The smallest absolute Gasteiger partial charge is 0.123 e. The van der Waals surface area contributed by atoms with Gasteiger partial charge in [-0.3, -0.25) is 0 Å². The first-order valence-corrected chi connectivity index (χ1v) is 27.3. The van der Waals surface area contributed by atoms with Gasteiger partial charge in [0.25, 0.3) is 0 Å². The van der Waals surface area contributed by atoms with Crippen LogP contribution in [-0.2, 0) is 6.42 Å². The second kappa shape index (κ2) is 18.2. The minimum atomic E-state index is -0.333. The second-order valence-corrected chi connectivity index (χ2v) is 21.3. The highest BCUT2D eigenvalue weighted by Crippen LogP contribution is 2.46. The zero-order valence-corrected chi connectivity index (χ0v) is 43.4. The molecule has 0 aliphatic heterocycles. The molecule has 0 saturated carbocycles. The van der Waals surface area contributed by atoms with Crippen molar-refractivity contribution in [3.63, 3.8) is 0 Å². The van der Waals surface area contributed by atoms with Crippen LogP contribution in [0.25, 0.3) is 144 Å². The Hall–Kier alpha value is -10.2. The lowest BCUT2D eigenvalue weighted by atomic mass is 9.86. The maximum Gasteiger partial charge on any atom is 0.123 e. The van der Waals surface area contributed by atoms with Crippen LogP contribution in [0, 0.1) is 17.5 Å². The molecule has 81 heavy (non-hydrogen) atoms. The summed E-state index contributed by atoms with van der Waals surface area (Å²) in [5.74, 6) is -1.12. The fourth-order valence-electron chi connectivity index (χ4n) is 13.1. The third-order valence-electron chi connectivity index (χ3n) is 16.7. The Morgan fingerprint density at radius 2 is 0.605 bits per heavy atom. The van der Waals surface area contributed by atoms with Crippen molar-refractivity contribution in [1.82, 2.24) is 13.7 Å². The van der Waals surface area contributed by atoms with Gasteiger partial charge in [0.1, 0.15) is 23.3 Å². The summed E-state index contributed by atoms with van der Waals surface area (Å²) in [6, 6.07) is 80.7. The van der Waals surface area contributed by atoms with Gasteiger partial charge < -0.3 is 13.7 Å². The number of rotatable bonds is 7. The van der Waals surface area contributed by atoms with Crippen LogP contribution in [0.2, 0.25) is 0 Å². The van der Waals surface area contributed by atoms with E-state index in [0.29, 0.717) is 12.8 Å². The molecule has 0 atom stereocenters. The standard InChI is InChI=1S/C74H45F4N3/c75-50-20-28-55(29-21-50)80-69-34-18-48(40-63(69)65-42-52(77)24-36-71(65)80)46-16-32-67-61(38-46)62-39-47(49-19-35-70-64(41-49)66-43-53(78)25-37-72(66)81(70)56-30-22-51(76)23-31-56)17-33-68(62)79(67)54-26-14-45(15-27-54)74-59-12-6-4-10-57(59)73(44-8-2-1-3-9-44)58-11-5-7-13-60(58)74/h1-24,26-36,38-43H,25,37H2. The van der Waals surface area contributed by atoms with Crippen LogP contribution in [0.1, 0.15) is 17.7 Å². The molecule has 16 rings (SSSR count). The number of hydrogen-bond acceptors (Lipinski definition) is 0. The van der Waals surface area contributed by atoms with Crippen LogP contribution < -0.4 is 0 Å². The van der Waals surface area contributed by atoms with Crippen molar-refractivity contribution in [2.75, 3.05) is 0 Å². The van der Waals surface area contributed by atoms with Crippen LogP contribution in [0.4, 0.5) is 17.6 Å². The van der Waals surface area contributed by atoms with E-state index in [1.165, 1.54) is 68.6 Å². The SMILES string of the molecule is FC1=Cc2c(n(-c3ccc(F)cc3)c3ccc(-c4ccc5c(c4)c4cc(-c6ccc7c(c6)c6cc(F)ccc6n7-c6ccc(F)cc6)ccc4n5-c4ccc(-c5c6ccccc6c(-c6ccccc6)c6ccccc56)cc4)cc23)CC1. The Morgan fingerprint density at radius 3 is 1.07 bits per heavy atom. The first-order valence-electron chi connectivity index (χ1n) is 27.3. The largest absolute Gasteiger partial charge is 0.313 e. The summed E-state index contributed by atoms with van der Waals surface area (Å²) in [5.41, 5.74) is 17.8. The molecule has 7 heteroatoms. The maximum atomic E-state index is 15.2. The lowest BCUT2D eigenvalue weighted by molar-refractivity contribution is 0.586. The number of benzene rings is 12. The van der Waals surface area contributed by atoms with Gasteiger partial charge in [-0.25, -0.2) is 17.6 Å². The Morgan fingerprint density at radius 1 is 0.259 bits per heavy atom. The highest BCUT2D eigenvalue weighted by Gasteiger charge is 2.24. The summed E-state index contributed by atoms with van der Waals surface area (Å²) in [4.78, 5) is 0. The third-order valence-corrected chi connectivity index (χ3v) is 16.7. The van der Waals surface area contributed by atoms with E-state index in [2.05, 4.69) is 190 Å². The van der Waals surface area contributed by atoms with Crippen molar-refractivity contribution in [3.05, 3.63) is 277 Å². The topological polar surface area (TPSA) is 14.8 Å². The van der Waals surface area contributed by atoms with E-state index in [1.807, 2.05) is 0 Å². The molecular formula is C74H45F4N3. The number of fused-ring (bicyclic) bond motifs is 11. The van der Waals surface area contributed by atoms with Crippen molar-refractivity contribution in [2.24, 2.45) is 0 Å². The lowest BCUT2D eigenvalue weighted by Crippen LogP contribution is -2.04. The molecule has 3 aromatic heterocycles. The quantitative estimate of drug-likeness (QED) is 0.112. The Balaban J connectivity index is 0.881. The number of halogens is 4. The molecule has 1 aliphatic carbocycles. The molecular weight excluding hydrogens is 1010 g/mol. The highest BCUT2D eigenvalue weighted by molar-refractivity contribution is 6.21. The Kier molecular flexibility index (Phi) is 10.5. The number of hydrogen-bond donors (Lipinski definition) is 0. The normalized spacial score (nSPS) is 12.7. The molecule has 0 unspecified atom stereocenters. The van der Waals surface area contributed by atoms with Crippen LogP contribution >= 0.6 is 0 Å². The zero-order chi connectivity index (χ0) is 54.0. The zero-order valence-electron chi connectivity index (χ0n) is 43.4. The molecule has 1 aliphatic rings. The van der Waals surface area contributed by atoms with Gasteiger partial charge in [0, 0.05) is 61.7 Å². The Bertz CT molecular complexity index is 5060. The van der Waals surface area contributed by atoms with Gasteiger partial charge in [-0.2, -0.15) is 0 Å². The molecule has 0 radical (unpaired) electrons. The van der Waals surface area contributed by atoms with Crippen molar-refractivity contribution >= 4 is 82.1 Å². The minimum Gasteiger partial charge on any atom is -0.313 e. The minimum absolute atomic E-state index is 0.156. The summed E-state index contributed by atoms with van der Waals surface area (Å²) < 4.78 is 65.3. The van der Waals surface area contributed by atoms with Gasteiger partial charge in [-0.1, -0.05) is 115 Å². The first-order chi connectivity index (χ1) is 39.8. The number of nitrogens with zero attached hydrogens (tertiary/aromatic N) is 3. The van der Waals surface area contributed by atoms with E-state index in [4.69, 9.17) is 0 Å². The van der Waals surface area contributed by atoms with E-state index in [9.17, 15) is 8.78 Å². The number of aromatic nitrogens is 3. The summed E-state index contributed by atoms with van der Waals surface area (Å²) in [6.07, 6.45) is 2.50. The van der Waals surface area contributed by atoms with Gasteiger partial charge in [0.2, 0.25) is 0 Å². The van der Waals surface area contributed by atoms with Crippen molar-refractivity contribution < 1.29 is 17.6 Å². The van der Waals surface area contributed by atoms with E-state index in [-0.39, 0.29) is 23.3 Å². The lowest BCUT2D eigenvalue weighted by Gasteiger charge is -2.18. The van der Waals surface area contributed by atoms with Gasteiger partial charge in [-0.05, 0) is 206 Å². The summed E-state index contributed by atoms with van der Waals surface area (Å²) in [7, 11) is 0. The van der Waals surface area contributed by atoms with Crippen LogP contribution in [0.3, 0.4) is 0 Å². The van der Waals surface area contributed by atoms with Crippen LogP contribution in [-0.4, -0.2) is 13.7 Å². The van der Waals surface area contributed by atoms with Gasteiger partial charge in [0.05, 0.1) is 27.6 Å². The van der Waals surface area contributed by atoms with E-state index in [0.717, 1.165) is 111 Å². The van der Waals surface area contributed by atoms with Crippen LogP contribution in [0.15, 0.2) is 248 Å². The molecule has 12 aromatic carbocycles. The van der Waals surface area contributed by atoms with Gasteiger partial charge in [-0.15, -0.1) is 0 Å². The molecule has 0 bridgehead atoms. The summed E-state index contributed by atoms with van der Waals surface area (Å²) in [5, 5.41) is 9.46. The molecule has 0 spiro atoms. The van der Waals surface area contributed by atoms with Gasteiger partial charge >= 0.3 is 0 Å². The van der Waals surface area contributed by atoms with E-state index < -0.39 is 0 Å². The molecule has 0 amide bonds. The monoisotopic (exact) mass is 1050 g/mol. The average Bonchev–Trinajstić information content (AvgIpc) is 4.00. The van der Waals surface area contributed by atoms with Gasteiger partial charge in [0.15, 0.2) is 0 Å². The molecule has 0 saturated heterocycles. The number of allylic oxidation sites excluding steroid dienone is 1. The highest BCUT2D eigenvalue weighted by atomic mass is 19.1. The molecule has 0 N–H and O–H groups in total. The maximum absolute atomic E-state index is 15.2. The fraction of sp³-hybridized carbons (Fsp3) is 0.0270. The van der Waals surface area contributed by atoms with Crippen molar-refractivity contribution in [3.8, 4) is 61.6 Å². The molecule has 3 heterocycles. The molecule has 3 nitrogen and oxygen atoms in total. The third kappa shape index (κ3) is 7.42. The molecule has 0 fully saturated rings. The predicted octanol–water partition coefficient (Wildman–Crippen LogP) is 20.5. The average molecular weight is 1050 g/mol. The van der Waals surface area contributed by atoms with Crippen LogP contribution in [0.5, 0.6) is 0 Å². The Labute approximate surface area is 462 Å². The van der Waals surface area contributed by atoms with Crippen molar-refractivity contribution in [2.45, 2.75) is 12.8 Å². The fourth-order valence-corrected chi connectivity index (χ4v) is 13.1. The van der Waals surface area contributed by atoms with E-state index in [1.54, 1.807) is 42.5 Å². The van der Waals surface area contributed by atoms with Crippen molar-refractivity contribution in [1.29, 1.82) is 0 Å². The second-order valence-electron chi connectivity index (χ2n) is 21.3. The van der Waals surface area contributed by atoms with E-state index >= 15 is 8.78 Å². The predicted molar refractivity (Wildman–Crippen MR) is 326 cm³/mol. The molecule has 15 aromatic rings. The first kappa shape index (κ1) is 46.8. The molecule has 384 valence electrons. The summed E-state index contributed by atoms with van der Waals surface area (Å²) in [6.45, 7) is 0.